The molecule has 2 heterocycles. The smallest absolute Gasteiger partial charge is 0.354 e. The van der Waals surface area contributed by atoms with Crippen molar-refractivity contribution in [2.24, 2.45) is 5.10 Å². The maximum atomic E-state index is 12.2. The highest BCUT2D eigenvalue weighted by Gasteiger charge is 2.56. The lowest BCUT2D eigenvalue weighted by Crippen LogP contribution is -2.34. The maximum absolute atomic E-state index is 12.2. The first kappa shape index (κ1) is 11.0. The van der Waals surface area contributed by atoms with E-state index >= 15 is 0 Å². The van der Waals surface area contributed by atoms with Crippen LogP contribution in [-0.4, -0.2) is 35.2 Å². The second-order valence-electron chi connectivity index (χ2n) is 4.53. The number of hydrogen-bond acceptors (Lipinski definition) is 5. The molecule has 2 aliphatic rings. The van der Waals surface area contributed by atoms with Crippen LogP contribution in [0.5, 0.6) is 0 Å². The zero-order valence-corrected chi connectivity index (χ0v) is 9.88. The first-order valence-corrected chi connectivity index (χ1v) is 5.70. The van der Waals surface area contributed by atoms with Crippen molar-refractivity contribution in [3.8, 4) is 0 Å². The molecule has 0 radical (unpaired) electrons. The van der Waals surface area contributed by atoms with Crippen LogP contribution in [0.4, 0.5) is 0 Å². The molecular formula is C12H12N2O4. The topological polar surface area (TPSA) is 72.1 Å². The number of nitrogens with zero attached hydrogens (tertiary/aromatic N) is 2. The van der Waals surface area contributed by atoms with E-state index in [0.29, 0.717) is 12.1 Å². The van der Waals surface area contributed by atoms with Gasteiger partial charge in [-0.1, -0.05) is 0 Å². The number of esters is 1. The van der Waals surface area contributed by atoms with Crippen LogP contribution in [0.1, 0.15) is 29.8 Å². The zero-order valence-electron chi connectivity index (χ0n) is 9.88. The van der Waals surface area contributed by atoms with Gasteiger partial charge in [0.1, 0.15) is 5.71 Å². The lowest BCUT2D eigenvalue weighted by molar-refractivity contribution is -0.132. The molecule has 1 spiro atoms. The number of methoxy groups -OCH3 is 1. The number of carbonyl (C=O) groups excluding carboxylic acids is 2. The minimum absolute atomic E-state index is 0.233. The standard InChI is InChI=1S/C12H12N2O4/c1-17-11(16)8-7-12(4-5-12)14(13-8)10(15)9-3-2-6-18-9/h2-3,6H,4-5,7H2,1H3. The Labute approximate surface area is 103 Å². The van der Waals surface area contributed by atoms with E-state index in [1.807, 2.05) is 0 Å². The van der Waals surface area contributed by atoms with Gasteiger partial charge in [0.15, 0.2) is 5.76 Å². The quantitative estimate of drug-likeness (QED) is 0.737. The van der Waals surface area contributed by atoms with Crippen LogP contribution in [0.2, 0.25) is 0 Å². The fraction of sp³-hybridized carbons (Fsp3) is 0.417. The van der Waals surface area contributed by atoms with E-state index in [2.05, 4.69) is 9.84 Å². The number of amides is 1. The van der Waals surface area contributed by atoms with Crippen LogP contribution in [0, 0.1) is 0 Å². The van der Waals surface area contributed by atoms with E-state index < -0.39 is 5.97 Å². The Morgan fingerprint density at radius 3 is 2.83 bits per heavy atom. The van der Waals surface area contributed by atoms with Crippen LogP contribution >= 0.6 is 0 Å². The summed E-state index contributed by atoms with van der Waals surface area (Å²) in [7, 11) is 1.31. The Morgan fingerprint density at radius 2 is 2.28 bits per heavy atom. The molecule has 6 nitrogen and oxygen atoms in total. The normalized spacial score (nSPS) is 19.8. The second kappa shape index (κ2) is 3.69. The Kier molecular flexibility index (Phi) is 2.26. The predicted octanol–water partition coefficient (Wildman–Crippen LogP) is 1.19. The summed E-state index contributed by atoms with van der Waals surface area (Å²) in [5.41, 5.74) is -0.0252. The van der Waals surface area contributed by atoms with Crippen molar-refractivity contribution in [3.05, 3.63) is 24.2 Å². The third-order valence-electron chi connectivity index (χ3n) is 3.34. The van der Waals surface area contributed by atoms with Gasteiger partial charge < -0.3 is 9.15 Å². The van der Waals surface area contributed by atoms with Gasteiger partial charge in [0, 0.05) is 6.42 Å². The number of ether oxygens (including phenoxy) is 1. The molecule has 1 saturated carbocycles. The Hall–Kier alpha value is -2.11. The van der Waals surface area contributed by atoms with Gasteiger partial charge in [-0.3, -0.25) is 4.79 Å². The SMILES string of the molecule is COC(=O)C1=NN(C(=O)c2ccco2)C2(CC2)C1. The molecular weight excluding hydrogens is 236 g/mol. The molecule has 0 unspecified atom stereocenters. The third kappa shape index (κ3) is 1.53. The fourth-order valence-electron chi connectivity index (χ4n) is 2.18. The van der Waals surface area contributed by atoms with Gasteiger partial charge >= 0.3 is 11.9 Å². The lowest BCUT2D eigenvalue weighted by Gasteiger charge is -2.19. The molecule has 1 aromatic heterocycles. The number of carbonyl (C=O) groups is 2. The van der Waals surface area contributed by atoms with E-state index in [1.54, 1.807) is 12.1 Å². The summed E-state index contributed by atoms with van der Waals surface area (Å²) in [5.74, 6) is -0.552. The molecule has 0 aromatic carbocycles. The largest absolute Gasteiger partial charge is 0.464 e. The average Bonchev–Trinajstić information content (AvgIpc) is 2.83. The molecule has 1 aliphatic carbocycles. The van der Waals surface area contributed by atoms with Gasteiger partial charge in [0.25, 0.3) is 0 Å². The lowest BCUT2D eigenvalue weighted by atomic mass is 10.1. The van der Waals surface area contributed by atoms with Crippen LogP contribution in [-0.2, 0) is 9.53 Å². The van der Waals surface area contributed by atoms with Crippen molar-refractivity contribution in [2.45, 2.75) is 24.8 Å². The Bertz CT molecular complexity index is 528. The zero-order chi connectivity index (χ0) is 12.8. The van der Waals surface area contributed by atoms with E-state index in [4.69, 9.17) is 4.42 Å². The summed E-state index contributed by atoms with van der Waals surface area (Å²) in [5, 5.41) is 5.47. The van der Waals surface area contributed by atoms with E-state index in [-0.39, 0.29) is 17.2 Å². The van der Waals surface area contributed by atoms with Gasteiger partial charge in [0.05, 0.1) is 18.9 Å². The number of rotatable bonds is 2. The molecule has 0 saturated heterocycles. The summed E-state index contributed by atoms with van der Waals surface area (Å²) in [4.78, 5) is 23.7. The van der Waals surface area contributed by atoms with Crippen molar-refractivity contribution < 1.29 is 18.7 Å². The van der Waals surface area contributed by atoms with Gasteiger partial charge in [-0.2, -0.15) is 5.10 Å². The molecule has 18 heavy (non-hydrogen) atoms. The van der Waals surface area contributed by atoms with Crippen molar-refractivity contribution in [1.29, 1.82) is 0 Å². The molecule has 1 fully saturated rings. The van der Waals surface area contributed by atoms with Crippen LogP contribution in [0.25, 0.3) is 0 Å². The first-order valence-electron chi connectivity index (χ1n) is 5.70. The highest BCUT2D eigenvalue weighted by Crippen LogP contribution is 2.49. The first-order chi connectivity index (χ1) is 8.66. The van der Waals surface area contributed by atoms with Crippen LogP contribution in [0.15, 0.2) is 27.9 Å². The molecule has 94 valence electrons. The monoisotopic (exact) mass is 248 g/mol. The molecule has 0 bridgehead atoms. The molecule has 0 N–H and O–H groups in total. The van der Waals surface area contributed by atoms with Gasteiger partial charge in [-0.25, -0.2) is 9.80 Å². The highest BCUT2D eigenvalue weighted by atomic mass is 16.5. The minimum Gasteiger partial charge on any atom is -0.464 e. The average molecular weight is 248 g/mol. The van der Waals surface area contributed by atoms with E-state index in [1.165, 1.54) is 18.4 Å². The molecule has 6 heteroatoms. The summed E-state index contributed by atoms with van der Waals surface area (Å²) in [6.07, 6.45) is 3.60. The fourth-order valence-corrected chi connectivity index (χ4v) is 2.18. The van der Waals surface area contributed by atoms with Crippen LogP contribution in [0.3, 0.4) is 0 Å². The molecule has 1 aromatic rings. The van der Waals surface area contributed by atoms with Gasteiger partial charge in [-0.05, 0) is 25.0 Å². The number of hydrogen-bond donors (Lipinski definition) is 0. The van der Waals surface area contributed by atoms with Crippen molar-refractivity contribution in [2.75, 3.05) is 7.11 Å². The maximum Gasteiger partial charge on any atom is 0.354 e. The highest BCUT2D eigenvalue weighted by molar-refractivity contribution is 6.37. The van der Waals surface area contributed by atoms with Crippen molar-refractivity contribution in [1.82, 2.24) is 5.01 Å². The Balaban J connectivity index is 1.89. The van der Waals surface area contributed by atoms with Crippen molar-refractivity contribution >= 4 is 17.6 Å². The van der Waals surface area contributed by atoms with E-state index in [9.17, 15) is 9.59 Å². The summed E-state index contributed by atoms with van der Waals surface area (Å²) < 4.78 is 9.72. The summed E-state index contributed by atoms with van der Waals surface area (Å²) in [6.45, 7) is 0. The number of furan rings is 1. The number of hydrazone groups is 1. The van der Waals surface area contributed by atoms with Crippen molar-refractivity contribution in [3.63, 3.8) is 0 Å². The molecule has 3 rings (SSSR count). The molecule has 1 aliphatic heterocycles. The Morgan fingerprint density at radius 1 is 1.50 bits per heavy atom. The third-order valence-corrected chi connectivity index (χ3v) is 3.34. The van der Waals surface area contributed by atoms with E-state index in [0.717, 1.165) is 12.8 Å². The summed E-state index contributed by atoms with van der Waals surface area (Å²) >= 11 is 0. The molecule has 1 amide bonds. The molecule has 0 atom stereocenters. The predicted molar refractivity (Wildman–Crippen MR) is 60.9 cm³/mol. The van der Waals surface area contributed by atoms with Crippen LogP contribution < -0.4 is 0 Å². The second-order valence-corrected chi connectivity index (χ2v) is 4.53. The van der Waals surface area contributed by atoms with Gasteiger partial charge in [0.2, 0.25) is 0 Å². The minimum atomic E-state index is -0.476. The van der Waals surface area contributed by atoms with Gasteiger partial charge in [-0.15, -0.1) is 0 Å². The summed E-state index contributed by atoms with van der Waals surface area (Å²) in [6, 6.07) is 3.23.